The highest BCUT2D eigenvalue weighted by molar-refractivity contribution is 5.59. The first-order valence-corrected chi connectivity index (χ1v) is 5.26. The van der Waals surface area contributed by atoms with E-state index in [1.54, 1.807) is 0 Å². The number of carbonyl (C=O) groups excluding carboxylic acids is 1. The Labute approximate surface area is 80.7 Å². The Kier molecular flexibility index (Phi) is 3.91. The fourth-order valence-electron chi connectivity index (χ4n) is 1.88. The zero-order valence-corrected chi connectivity index (χ0v) is 8.71. The van der Waals surface area contributed by atoms with Crippen LogP contribution in [0, 0.1) is 5.41 Å². The number of carbonyl (C=O) groups is 1. The summed E-state index contributed by atoms with van der Waals surface area (Å²) in [5, 5.41) is 0. The molecular weight excluding hydrogens is 164 g/mol. The molecule has 0 saturated heterocycles. The average Bonchev–Trinajstić information content (AvgIpc) is 2.16. The van der Waals surface area contributed by atoms with Crippen molar-refractivity contribution in [3.05, 3.63) is 0 Å². The molecule has 0 aromatic rings. The standard InChI is InChI=1S/C11H20O2/c1-10(2)13-9-11(8-12)6-4-3-5-7-11/h8,10H,3-7,9H2,1-2H3. The normalized spacial score (nSPS) is 21.8. The van der Waals surface area contributed by atoms with Gasteiger partial charge in [0.2, 0.25) is 0 Å². The topological polar surface area (TPSA) is 26.3 Å². The molecule has 0 N–H and O–H groups in total. The molecule has 1 fully saturated rings. The highest BCUT2D eigenvalue weighted by Gasteiger charge is 2.32. The molecule has 0 heterocycles. The zero-order chi connectivity index (χ0) is 9.73. The van der Waals surface area contributed by atoms with Crippen molar-refractivity contribution >= 4 is 6.29 Å². The summed E-state index contributed by atoms with van der Waals surface area (Å²) in [5.74, 6) is 0. The van der Waals surface area contributed by atoms with Crippen molar-refractivity contribution in [1.29, 1.82) is 0 Å². The lowest BCUT2D eigenvalue weighted by molar-refractivity contribution is -0.123. The first-order chi connectivity index (χ1) is 6.18. The van der Waals surface area contributed by atoms with Gasteiger partial charge in [-0.2, -0.15) is 0 Å². The molecule has 1 aliphatic carbocycles. The molecular formula is C11H20O2. The van der Waals surface area contributed by atoms with Gasteiger partial charge in [0.05, 0.1) is 12.7 Å². The molecule has 0 aromatic heterocycles. The number of ether oxygens (including phenoxy) is 1. The minimum atomic E-state index is -0.150. The number of hydrogen-bond donors (Lipinski definition) is 0. The van der Waals surface area contributed by atoms with Crippen LogP contribution in [0.15, 0.2) is 0 Å². The molecule has 1 aliphatic rings. The van der Waals surface area contributed by atoms with Gasteiger partial charge >= 0.3 is 0 Å². The van der Waals surface area contributed by atoms with Crippen molar-refractivity contribution in [2.45, 2.75) is 52.1 Å². The summed E-state index contributed by atoms with van der Waals surface area (Å²) in [6, 6.07) is 0. The largest absolute Gasteiger partial charge is 0.378 e. The Morgan fingerprint density at radius 3 is 2.38 bits per heavy atom. The lowest BCUT2D eigenvalue weighted by Gasteiger charge is -2.32. The van der Waals surface area contributed by atoms with Gasteiger partial charge in [0.1, 0.15) is 6.29 Å². The predicted octanol–water partition coefficient (Wildman–Crippen LogP) is 2.56. The van der Waals surface area contributed by atoms with E-state index in [0.717, 1.165) is 19.1 Å². The third-order valence-electron chi connectivity index (χ3n) is 2.80. The van der Waals surface area contributed by atoms with Crippen LogP contribution in [-0.4, -0.2) is 19.0 Å². The summed E-state index contributed by atoms with van der Waals surface area (Å²) in [6.07, 6.45) is 7.03. The van der Waals surface area contributed by atoms with Crippen LogP contribution in [0.1, 0.15) is 46.0 Å². The molecule has 0 spiro atoms. The quantitative estimate of drug-likeness (QED) is 0.628. The Morgan fingerprint density at radius 2 is 1.92 bits per heavy atom. The zero-order valence-electron chi connectivity index (χ0n) is 8.71. The SMILES string of the molecule is CC(C)OCC1(C=O)CCCCC1. The molecule has 2 heteroatoms. The fraction of sp³-hybridized carbons (Fsp3) is 0.909. The Balaban J connectivity index is 2.42. The van der Waals surface area contributed by atoms with E-state index >= 15 is 0 Å². The van der Waals surface area contributed by atoms with Crippen molar-refractivity contribution < 1.29 is 9.53 Å². The van der Waals surface area contributed by atoms with Gasteiger partial charge in [0.25, 0.3) is 0 Å². The molecule has 1 rings (SSSR count). The number of hydrogen-bond acceptors (Lipinski definition) is 2. The van der Waals surface area contributed by atoms with Crippen LogP contribution in [0.25, 0.3) is 0 Å². The Bertz CT molecular complexity index is 157. The van der Waals surface area contributed by atoms with Gasteiger partial charge in [-0.3, -0.25) is 0 Å². The summed E-state index contributed by atoms with van der Waals surface area (Å²) in [7, 11) is 0. The van der Waals surface area contributed by atoms with Gasteiger partial charge in [-0.15, -0.1) is 0 Å². The van der Waals surface area contributed by atoms with E-state index in [2.05, 4.69) is 0 Å². The molecule has 0 bridgehead atoms. The third-order valence-corrected chi connectivity index (χ3v) is 2.80. The van der Waals surface area contributed by atoms with Crippen LogP contribution in [0.5, 0.6) is 0 Å². The Morgan fingerprint density at radius 1 is 1.31 bits per heavy atom. The molecule has 0 radical (unpaired) electrons. The van der Waals surface area contributed by atoms with Crippen LogP contribution in [-0.2, 0) is 9.53 Å². The number of aldehydes is 1. The third kappa shape index (κ3) is 3.11. The van der Waals surface area contributed by atoms with Crippen LogP contribution >= 0.6 is 0 Å². The van der Waals surface area contributed by atoms with Crippen LogP contribution < -0.4 is 0 Å². The summed E-state index contributed by atoms with van der Waals surface area (Å²) in [6.45, 7) is 4.65. The van der Waals surface area contributed by atoms with Crippen molar-refractivity contribution in [2.24, 2.45) is 5.41 Å². The lowest BCUT2D eigenvalue weighted by Crippen LogP contribution is -2.32. The van der Waals surface area contributed by atoms with E-state index in [4.69, 9.17) is 4.74 Å². The first-order valence-electron chi connectivity index (χ1n) is 5.26. The molecule has 2 nitrogen and oxygen atoms in total. The molecule has 76 valence electrons. The van der Waals surface area contributed by atoms with Gasteiger partial charge in [0.15, 0.2) is 0 Å². The lowest BCUT2D eigenvalue weighted by atomic mass is 9.76. The molecule has 0 unspecified atom stereocenters. The summed E-state index contributed by atoms with van der Waals surface area (Å²) >= 11 is 0. The Hall–Kier alpha value is -0.370. The summed E-state index contributed by atoms with van der Waals surface area (Å²) in [4.78, 5) is 11.0. The first kappa shape index (κ1) is 10.7. The second-order valence-electron chi connectivity index (χ2n) is 4.40. The summed E-state index contributed by atoms with van der Waals surface area (Å²) in [5.41, 5.74) is -0.150. The molecule has 0 aromatic carbocycles. The van der Waals surface area contributed by atoms with Crippen LogP contribution in [0.2, 0.25) is 0 Å². The van der Waals surface area contributed by atoms with Gasteiger partial charge in [-0.1, -0.05) is 19.3 Å². The molecule has 1 saturated carbocycles. The fourth-order valence-corrected chi connectivity index (χ4v) is 1.88. The second kappa shape index (κ2) is 4.75. The minimum absolute atomic E-state index is 0.150. The second-order valence-corrected chi connectivity index (χ2v) is 4.40. The maximum absolute atomic E-state index is 11.0. The van der Waals surface area contributed by atoms with E-state index in [0.29, 0.717) is 6.61 Å². The highest BCUT2D eigenvalue weighted by atomic mass is 16.5. The maximum Gasteiger partial charge on any atom is 0.128 e. The van der Waals surface area contributed by atoms with Crippen molar-refractivity contribution in [1.82, 2.24) is 0 Å². The average molecular weight is 184 g/mol. The van der Waals surface area contributed by atoms with Crippen LogP contribution in [0.3, 0.4) is 0 Å². The van der Waals surface area contributed by atoms with Gasteiger partial charge in [-0.05, 0) is 26.7 Å². The van der Waals surface area contributed by atoms with E-state index in [-0.39, 0.29) is 11.5 Å². The molecule has 0 aliphatic heterocycles. The van der Waals surface area contributed by atoms with Crippen molar-refractivity contribution in [3.63, 3.8) is 0 Å². The minimum Gasteiger partial charge on any atom is -0.378 e. The smallest absolute Gasteiger partial charge is 0.128 e. The van der Waals surface area contributed by atoms with Gasteiger partial charge in [-0.25, -0.2) is 0 Å². The van der Waals surface area contributed by atoms with Crippen LogP contribution in [0.4, 0.5) is 0 Å². The van der Waals surface area contributed by atoms with Crippen molar-refractivity contribution in [2.75, 3.05) is 6.61 Å². The monoisotopic (exact) mass is 184 g/mol. The predicted molar refractivity (Wildman–Crippen MR) is 52.7 cm³/mol. The molecule has 0 atom stereocenters. The van der Waals surface area contributed by atoms with E-state index < -0.39 is 0 Å². The highest BCUT2D eigenvalue weighted by Crippen LogP contribution is 2.34. The van der Waals surface area contributed by atoms with E-state index in [1.807, 2.05) is 13.8 Å². The van der Waals surface area contributed by atoms with Gasteiger partial charge < -0.3 is 9.53 Å². The van der Waals surface area contributed by atoms with Gasteiger partial charge in [0, 0.05) is 5.41 Å². The molecule has 0 amide bonds. The molecule has 13 heavy (non-hydrogen) atoms. The summed E-state index contributed by atoms with van der Waals surface area (Å²) < 4.78 is 5.54. The number of rotatable bonds is 4. The maximum atomic E-state index is 11.0. The van der Waals surface area contributed by atoms with Crippen molar-refractivity contribution in [3.8, 4) is 0 Å². The van der Waals surface area contributed by atoms with E-state index in [1.165, 1.54) is 19.3 Å². The van der Waals surface area contributed by atoms with E-state index in [9.17, 15) is 4.79 Å².